The SMILES string of the molecule is COc1cc(CN2CC(C)CCn3c(c(-c4ccc(Cl)c(Cl)c4)c4cccnc4c3=O)C2=O)cc(OC)c1. The van der Waals surface area contributed by atoms with E-state index in [9.17, 15) is 9.59 Å². The molecule has 0 aliphatic carbocycles. The summed E-state index contributed by atoms with van der Waals surface area (Å²) in [6.45, 7) is 3.33. The van der Waals surface area contributed by atoms with Crippen molar-refractivity contribution in [1.29, 1.82) is 0 Å². The van der Waals surface area contributed by atoms with Crippen molar-refractivity contribution in [3.05, 3.63) is 86.4 Å². The molecule has 0 N–H and O–H groups in total. The lowest BCUT2D eigenvalue weighted by Crippen LogP contribution is -2.41. The van der Waals surface area contributed by atoms with E-state index in [0.717, 1.165) is 12.0 Å². The van der Waals surface area contributed by atoms with E-state index in [1.807, 2.05) is 24.3 Å². The number of rotatable bonds is 5. The Hall–Kier alpha value is -3.55. The average Bonchev–Trinajstić information content (AvgIpc) is 2.92. The largest absolute Gasteiger partial charge is 0.497 e. The number of hydrogen-bond acceptors (Lipinski definition) is 5. The number of methoxy groups -OCH3 is 2. The van der Waals surface area contributed by atoms with Crippen molar-refractivity contribution >= 4 is 40.0 Å². The Morgan fingerprint density at radius 3 is 2.42 bits per heavy atom. The van der Waals surface area contributed by atoms with Crippen molar-refractivity contribution in [3.63, 3.8) is 0 Å². The van der Waals surface area contributed by atoms with Crippen LogP contribution in [0.3, 0.4) is 0 Å². The fourth-order valence-electron chi connectivity index (χ4n) is 5.01. The predicted molar refractivity (Wildman–Crippen MR) is 150 cm³/mol. The molecule has 4 aromatic rings. The Labute approximate surface area is 230 Å². The van der Waals surface area contributed by atoms with Crippen LogP contribution in [0.2, 0.25) is 10.0 Å². The number of hydrogen-bond donors (Lipinski definition) is 0. The molecule has 1 unspecified atom stereocenters. The van der Waals surface area contributed by atoms with Gasteiger partial charge in [-0.2, -0.15) is 0 Å². The molecule has 2 aromatic heterocycles. The first-order valence-electron chi connectivity index (χ1n) is 12.3. The number of ether oxygens (including phenoxy) is 2. The van der Waals surface area contributed by atoms with E-state index in [0.29, 0.717) is 68.9 Å². The van der Waals surface area contributed by atoms with Gasteiger partial charge < -0.3 is 18.9 Å². The second kappa shape index (κ2) is 10.7. The highest BCUT2D eigenvalue weighted by atomic mass is 35.5. The smallest absolute Gasteiger partial charge is 0.277 e. The molecule has 0 spiro atoms. The monoisotopic (exact) mass is 551 g/mol. The molecule has 1 aliphatic rings. The van der Waals surface area contributed by atoms with Crippen LogP contribution in [0, 0.1) is 5.92 Å². The Morgan fingerprint density at radius 2 is 1.74 bits per heavy atom. The van der Waals surface area contributed by atoms with Crippen LogP contribution in [0.1, 0.15) is 29.4 Å². The highest BCUT2D eigenvalue weighted by molar-refractivity contribution is 6.42. The minimum Gasteiger partial charge on any atom is -0.497 e. The van der Waals surface area contributed by atoms with Gasteiger partial charge in [-0.05, 0) is 53.8 Å². The zero-order valence-corrected chi connectivity index (χ0v) is 22.8. The minimum atomic E-state index is -0.287. The highest BCUT2D eigenvalue weighted by Gasteiger charge is 2.30. The molecule has 0 saturated carbocycles. The number of nitrogens with zero attached hydrogens (tertiary/aromatic N) is 3. The maximum absolute atomic E-state index is 14.4. The van der Waals surface area contributed by atoms with Gasteiger partial charge in [0.15, 0.2) is 0 Å². The lowest BCUT2D eigenvalue weighted by Gasteiger charge is -2.32. The maximum atomic E-state index is 14.4. The predicted octanol–water partition coefficient (Wildman–Crippen LogP) is 6.07. The van der Waals surface area contributed by atoms with Crippen molar-refractivity contribution < 1.29 is 14.3 Å². The summed E-state index contributed by atoms with van der Waals surface area (Å²) in [5.41, 5.74) is 2.49. The van der Waals surface area contributed by atoms with Crippen molar-refractivity contribution in [2.45, 2.75) is 26.4 Å². The summed E-state index contributed by atoms with van der Waals surface area (Å²) >= 11 is 12.6. The number of carbonyl (C=O) groups excluding carboxylic acids is 1. The minimum absolute atomic E-state index is 0.166. The zero-order chi connectivity index (χ0) is 27.0. The summed E-state index contributed by atoms with van der Waals surface area (Å²) in [6.07, 6.45) is 2.31. The van der Waals surface area contributed by atoms with E-state index in [-0.39, 0.29) is 17.4 Å². The van der Waals surface area contributed by atoms with Gasteiger partial charge in [0.1, 0.15) is 22.7 Å². The fraction of sp³-hybridized carbons (Fsp3) is 0.276. The van der Waals surface area contributed by atoms with Gasteiger partial charge in [0.25, 0.3) is 11.5 Å². The van der Waals surface area contributed by atoms with Crippen LogP contribution in [0.4, 0.5) is 0 Å². The number of carbonyl (C=O) groups is 1. The molecule has 0 saturated heterocycles. The zero-order valence-electron chi connectivity index (χ0n) is 21.3. The lowest BCUT2D eigenvalue weighted by molar-refractivity contribution is 0.0686. The standard InChI is InChI=1S/C29H27Cl2N3O4/c1-17-8-10-34-27(29(36)33(15-17)16-18-11-20(37-2)14-21(12-18)38-3)25(19-6-7-23(30)24(31)13-19)22-5-4-9-32-26(22)28(34)35/h4-7,9,11-14,17H,8,10,15-16H2,1-3H3. The highest BCUT2D eigenvalue weighted by Crippen LogP contribution is 2.36. The van der Waals surface area contributed by atoms with E-state index in [1.54, 1.807) is 54.1 Å². The molecule has 2 aromatic carbocycles. The summed E-state index contributed by atoms with van der Waals surface area (Å²) in [6, 6.07) is 14.4. The van der Waals surface area contributed by atoms with Gasteiger partial charge in [-0.25, -0.2) is 0 Å². The summed E-state index contributed by atoms with van der Waals surface area (Å²) in [5, 5.41) is 1.35. The van der Waals surface area contributed by atoms with Gasteiger partial charge in [0.05, 0.1) is 24.3 Å². The van der Waals surface area contributed by atoms with Gasteiger partial charge in [-0.15, -0.1) is 0 Å². The third kappa shape index (κ3) is 4.84. The van der Waals surface area contributed by atoms with Gasteiger partial charge in [-0.1, -0.05) is 42.3 Å². The average molecular weight is 552 g/mol. The number of halogens is 2. The number of aromatic nitrogens is 2. The number of benzene rings is 2. The van der Waals surface area contributed by atoms with E-state index in [1.165, 1.54) is 0 Å². The summed E-state index contributed by atoms with van der Waals surface area (Å²) in [7, 11) is 3.18. The molecule has 1 amide bonds. The first kappa shape index (κ1) is 26.1. The van der Waals surface area contributed by atoms with E-state index < -0.39 is 0 Å². The molecule has 0 radical (unpaired) electrons. The molecule has 1 atom stereocenters. The third-order valence-electron chi connectivity index (χ3n) is 6.89. The molecule has 0 fully saturated rings. The molecule has 5 rings (SSSR count). The maximum Gasteiger partial charge on any atom is 0.277 e. The fourth-order valence-corrected chi connectivity index (χ4v) is 5.31. The normalized spacial score (nSPS) is 15.7. The van der Waals surface area contributed by atoms with Crippen molar-refractivity contribution in [2.24, 2.45) is 5.92 Å². The van der Waals surface area contributed by atoms with Crippen molar-refractivity contribution in [3.8, 4) is 22.6 Å². The summed E-state index contributed by atoms with van der Waals surface area (Å²) < 4.78 is 12.4. The van der Waals surface area contributed by atoms with Crippen LogP contribution in [-0.4, -0.2) is 41.1 Å². The van der Waals surface area contributed by atoms with E-state index in [4.69, 9.17) is 32.7 Å². The number of amides is 1. The van der Waals surface area contributed by atoms with Crippen molar-refractivity contribution in [1.82, 2.24) is 14.5 Å². The Kier molecular flexibility index (Phi) is 7.32. The quantitative estimate of drug-likeness (QED) is 0.301. The molecular weight excluding hydrogens is 525 g/mol. The second-order valence-electron chi connectivity index (χ2n) is 9.51. The van der Waals surface area contributed by atoms with E-state index in [2.05, 4.69) is 11.9 Å². The topological polar surface area (TPSA) is 73.7 Å². The van der Waals surface area contributed by atoms with Crippen LogP contribution in [0.5, 0.6) is 11.5 Å². The summed E-state index contributed by atoms with van der Waals surface area (Å²) in [4.78, 5) is 34.3. The van der Waals surface area contributed by atoms with Gasteiger partial charge in [-0.3, -0.25) is 14.6 Å². The molecular formula is C29H27Cl2N3O4. The molecule has 38 heavy (non-hydrogen) atoms. The molecule has 196 valence electrons. The van der Waals surface area contributed by atoms with E-state index >= 15 is 0 Å². The summed E-state index contributed by atoms with van der Waals surface area (Å²) in [5.74, 6) is 1.19. The molecule has 1 aliphatic heterocycles. The molecule has 9 heteroatoms. The van der Waals surface area contributed by atoms with Crippen molar-refractivity contribution in [2.75, 3.05) is 20.8 Å². The van der Waals surface area contributed by atoms with Gasteiger partial charge in [0.2, 0.25) is 0 Å². The molecule has 3 heterocycles. The first-order valence-corrected chi connectivity index (χ1v) is 13.0. The van der Waals surface area contributed by atoms with Crippen LogP contribution in [0.25, 0.3) is 22.0 Å². The first-order chi connectivity index (χ1) is 18.3. The Bertz CT molecular complexity index is 1580. The van der Waals surface area contributed by atoms with Gasteiger partial charge in [0, 0.05) is 42.8 Å². The van der Waals surface area contributed by atoms with Gasteiger partial charge >= 0.3 is 0 Å². The third-order valence-corrected chi connectivity index (χ3v) is 7.63. The molecule has 0 bridgehead atoms. The van der Waals surface area contributed by atoms with Crippen LogP contribution in [-0.2, 0) is 13.1 Å². The van der Waals surface area contributed by atoms with Crippen LogP contribution >= 0.6 is 23.2 Å². The Balaban J connectivity index is 1.74. The lowest BCUT2D eigenvalue weighted by atomic mass is 9.95. The second-order valence-corrected chi connectivity index (χ2v) is 10.3. The number of fused-ring (bicyclic) bond motifs is 2. The van der Waals surface area contributed by atoms with Crippen LogP contribution in [0.15, 0.2) is 59.5 Å². The Morgan fingerprint density at radius 1 is 1.00 bits per heavy atom. The van der Waals surface area contributed by atoms with Crippen LogP contribution < -0.4 is 15.0 Å². The molecule has 7 nitrogen and oxygen atoms in total. The number of pyridine rings is 2.